The third-order valence-corrected chi connectivity index (χ3v) is 3.50. The summed E-state index contributed by atoms with van der Waals surface area (Å²) in [4.78, 5) is 15.5. The Labute approximate surface area is 107 Å². The maximum atomic E-state index is 11.0. The van der Waals surface area contributed by atoms with Crippen molar-refractivity contribution in [3.8, 4) is 5.69 Å². The van der Waals surface area contributed by atoms with Gasteiger partial charge in [0.2, 0.25) is 0 Å². The third-order valence-electron chi connectivity index (χ3n) is 2.83. The lowest BCUT2D eigenvalue weighted by molar-refractivity contribution is 0.0697. The van der Waals surface area contributed by atoms with Crippen LogP contribution in [0.3, 0.4) is 0 Å². The number of carbonyl (C=O) groups is 1. The Bertz CT molecular complexity index is 729. The lowest BCUT2D eigenvalue weighted by Crippen LogP contribution is -1.98. The smallest absolute Gasteiger partial charge is 0.335 e. The van der Waals surface area contributed by atoms with Crippen LogP contribution in [0.15, 0.2) is 35.0 Å². The van der Waals surface area contributed by atoms with Gasteiger partial charge in [0.15, 0.2) is 0 Å². The molecule has 0 aliphatic heterocycles. The van der Waals surface area contributed by atoms with Crippen LogP contribution >= 0.6 is 11.3 Å². The Morgan fingerprint density at radius 3 is 2.89 bits per heavy atom. The van der Waals surface area contributed by atoms with Gasteiger partial charge in [0.1, 0.15) is 5.82 Å². The van der Waals surface area contributed by atoms with Crippen LogP contribution < -0.4 is 0 Å². The van der Waals surface area contributed by atoms with E-state index in [-0.39, 0.29) is 5.56 Å². The van der Waals surface area contributed by atoms with Gasteiger partial charge in [-0.3, -0.25) is 4.57 Å². The summed E-state index contributed by atoms with van der Waals surface area (Å²) >= 11 is 1.60. The molecule has 0 saturated heterocycles. The number of carboxylic acid groups (broad SMARTS) is 1. The lowest BCUT2D eigenvalue weighted by Gasteiger charge is -2.03. The van der Waals surface area contributed by atoms with Crippen LogP contribution in [0.1, 0.15) is 16.2 Å². The van der Waals surface area contributed by atoms with Crippen molar-refractivity contribution < 1.29 is 9.90 Å². The highest BCUT2D eigenvalue weighted by molar-refractivity contribution is 7.08. The van der Waals surface area contributed by atoms with E-state index in [4.69, 9.17) is 5.11 Å². The molecule has 0 unspecified atom stereocenters. The quantitative estimate of drug-likeness (QED) is 0.768. The van der Waals surface area contributed by atoms with Crippen molar-refractivity contribution in [2.45, 2.75) is 6.92 Å². The van der Waals surface area contributed by atoms with E-state index in [9.17, 15) is 4.79 Å². The highest BCUT2D eigenvalue weighted by atomic mass is 32.1. The van der Waals surface area contributed by atoms with Crippen molar-refractivity contribution in [2.75, 3.05) is 0 Å². The molecule has 3 rings (SSSR count). The second-order valence-corrected chi connectivity index (χ2v) is 4.76. The van der Waals surface area contributed by atoms with Crippen LogP contribution in [0.5, 0.6) is 0 Å². The van der Waals surface area contributed by atoms with E-state index in [1.54, 1.807) is 29.5 Å². The fourth-order valence-electron chi connectivity index (χ4n) is 2.04. The topological polar surface area (TPSA) is 55.1 Å². The van der Waals surface area contributed by atoms with Crippen molar-refractivity contribution >= 4 is 28.3 Å². The van der Waals surface area contributed by atoms with Crippen LogP contribution in [-0.2, 0) is 0 Å². The van der Waals surface area contributed by atoms with E-state index in [1.165, 1.54) is 0 Å². The molecule has 0 saturated carbocycles. The molecule has 5 heteroatoms. The minimum absolute atomic E-state index is 0.277. The first-order chi connectivity index (χ1) is 8.66. The molecule has 0 amide bonds. The van der Waals surface area contributed by atoms with Crippen LogP contribution in [0.2, 0.25) is 0 Å². The minimum atomic E-state index is -0.923. The van der Waals surface area contributed by atoms with Crippen LogP contribution in [0.4, 0.5) is 0 Å². The second-order valence-electron chi connectivity index (χ2n) is 3.98. The molecule has 18 heavy (non-hydrogen) atoms. The molecule has 0 aliphatic rings. The summed E-state index contributed by atoms with van der Waals surface area (Å²) in [5.41, 5.74) is 2.93. The summed E-state index contributed by atoms with van der Waals surface area (Å²) in [6, 6.07) is 6.98. The summed E-state index contributed by atoms with van der Waals surface area (Å²) in [5, 5.41) is 13.0. The number of carboxylic acids is 1. The van der Waals surface area contributed by atoms with Crippen LogP contribution in [0.25, 0.3) is 16.7 Å². The zero-order chi connectivity index (χ0) is 12.7. The largest absolute Gasteiger partial charge is 0.478 e. The summed E-state index contributed by atoms with van der Waals surface area (Å²) < 4.78 is 1.97. The van der Waals surface area contributed by atoms with Crippen molar-refractivity contribution in [3.63, 3.8) is 0 Å². The number of imidazole rings is 1. The minimum Gasteiger partial charge on any atom is -0.478 e. The molecule has 1 aromatic carbocycles. The number of hydrogen-bond acceptors (Lipinski definition) is 3. The number of aromatic carboxylic acids is 1. The van der Waals surface area contributed by atoms with Crippen molar-refractivity contribution in [1.82, 2.24) is 9.55 Å². The lowest BCUT2D eigenvalue weighted by atomic mass is 10.2. The molecule has 2 heterocycles. The molecule has 0 fully saturated rings. The first-order valence-corrected chi connectivity index (χ1v) is 6.36. The summed E-state index contributed by atoms with van der Waals surface area (Å²) in [5.74, 6) is -0.0708. The van der Waals surface area contributed by atoms with Gasteiger partial charge in [-0.1, -0.05) is 0 Å². The molecular weight excluding hydrogens is 248 g/mol. The molecule has 0 radical (unpaired) electrons. The number of hydrogen-bond donors (Lipinski definition) is 1. The van der Waals surface area contributed by atoms with E-state index >= 15 is 0 Å². The molecule has 3 aromatic rings. The normalized spacial score (nSPS) is 10.9. The van der Waals surface area contributed by atoms with E-state index in [0.717, 1.165) is 22.5 Å². The van der Waals surface area contributed by atoms with Crippen LogP contribution in [0, 0.1) is 6.92 Å². The van der Waals surface area contributed by atoms with Crippen molar-refractivity contribution in [3.05, 3.63) is 46.4 Å². The van der Waals surface area contributed by atoms with E-state index in [2.05, 4.69) is 4.98 Å². The van der Waals surface area contributed by atoms with Gasteiger partial charge in [-0.15, -0.1) is 0 Å². The second kappa shape index (κ2) is 3.96. The highest BCUT2D eigenvalue weighted by Crippen LogP contribution is 2.23. The monoisotopic (exact) mass is 258 g/mol. The maximum Gasteiger partial charge on any atom is 0.335 e. The van der Waals surface area contributed by atoms with Gasteiger partial charge >= 0.3 is 5.97 Å². The Morgan fingerprint density at radius 1 is 1.39 bits per heavy atom. The third kappa shape index (κ3) is 1.60. The average molecular weight is 258 g/mol. The average Bonchev–Trinajstić information content (AvgIpc) is 2.93. The number of nitrogens with zero attached hydrogens (tertiary/aromatic N) is 2. The van der Waals surface area contributed by atoms with Gasteiger partial charge < -0.3 is 5.11 Å². The zero-order valence-electron chi connectivity index (χ0n) is 9.62. The molecule has 0 atom stereocenters. The predicted octanol–water partition coefficient (Wildman–Crippen LogP) is 3.09. The first-order valence-electron chi connectivity index (χ1n) is 5.42. The Kier molecular flexibility index (Phi) is 2.41. The molecule has 2 aromatic heterocycles. The predicted molar refractivity (Wildman–Crippen MR) is 70.6 cm³/mol. The summed E-state index contributed by atoms with van der Waals surface area (Å²) in [7, 11) is 0. The fraction of sp³-hybridized carbons (Fsp3) is 0.0769. The number of benzene rings is 1. The van der Waals surface area contributed by atoms with Gasteiger partial charge in [0.05, 0.1) is 22.3 Å². The first kappa shape index (κ1) is 11.0. The highest BCUT2D eigenvalue weighted by Gasteiger charge is 2.12. The van der Waals surface area contributed by atoms with E-state index in [0.29, 0.717) is 0 Å². The molecule has 0 aliphatic carbocycles. The van der Waals surface area contributed by atoms with Gasteiger partial charge in [-0.05, 0) is 36.6 Å². The fourth-order valence-corrected chi connectivity index (χ4v) is 2.66. The van der Waals surface area contributed by atoms with Crippen molar-refractivity contribution in [1.29, 1.82) is 0 Å². The number of aromatic nitrogens is 2. The number of aryl methyl sites for hydroxylation is 1. The summed E-state index contributed by atoms with van der Waals surface area (Å²) in [6.07, 6.45) is 0. The Balaban J connectivity index is 2.33. The molecule has 90 valence electrons. The molecule has 1 N–H and O–H groups in total. The Hall–Kier alpha value is -2.14. The maximum absolute atomic E-state index is 11.0. The molecule has 4 nitrogen and oxygen atoms in total. The van der Waals surface area contributed by atoms with Gasteiger partial charge in [-0.2, -0.15) is 11.3 Å². The molecule has 0 bridgehead atoms. The number of rotatable bonds is 2. The Morgan fingerprint density at radius 2 is 2.22 bits per heavy atom. The van der Waals surface area contributed by atoms with Gasteiger partial charge in [-0.25, -0.2) is 9.78 Å². The number of thiophene rings is 1. The van der Waals surface area contributed by atoms with E-state index < -0.39 is 5.97 Å². The molecular formula is C13H10N2O2S. The number of fused-ring (bicyclic) bond motifs is 1. The van der Waals surface area contributed by atoms with E-state index in [1.807, 2.05) is 28.3 Å². The van der Waals surface area contributed by atoms with Gasteiger partial charge in [0.25, 0.3) is 0 Å². The van der Waals surface area contributed by atoms with Gasteiger partial charge in [0, 0.05) is 5.38 Å². The zero-order valence-corrected chi connectivity index (χ0v) is 10.4. The molecule has 0 spiro atoms. The van der Waals surface area contributed by atoms with Crippen LogP contribution in [-0.4, -0.2) is 20.6 Å². The summed E-state index contributed by atoms with van der Waals surface area (Å²) in [6.45, 7) is 1.91. The standard InChI is InChI=1S/C13H10N2O2S/c1-8-14-11-3-2-9(13(16)17)6-12(11)15(8)10-4-5-18-7-10/h2-7H,1H3,(H,16,17). The van der Waals surface area contributed by atoms with Crippen molar-refractivity contribution in [2.24, 2.45) is 0 Å². The SMILES string of the molecule is Cc1nc2ccc(C(=O)O)cc2n1-c1ccsc1.